The number of hydrogen-bond donors (Lipinski definition) is 2. The molecular weight excluding hydrogens is 322 g/mol. The summed E-state index contributed by atoms with van der Waals surface area (Å²) in [5.41, 5.74) is 0.647. The molecule has 0 aliphatic carbocycles. The van der Waals surface area contributed by atoms with Crippen molar-refractivity contribution in [2.24, 2.45) is 0 Å². The molecule has 1 rings (SSSR count). The molecular formula is C15H23NO6S. The number of nitrogens with one attached hydrogen (secondary N) is 1. The van der Waals surface area contributed by atoms with E-state index in [0.29, 0.717) is 12.0 Å². The predicted octanol–water partition coefficient (Wildman–Crippen LogP) is 1.76. The Bertz CT molecular complexity index is 629. The maximum atomic E-state index is 12.6. The highest BCUT2D eigenvalue weighted by Crippen LogP contribution is 2.25. The Labute approximate surface area is 136 Å². The van der Waals surface area contributed by atoms with E-state index < -0.39 is 22.0 Å². The SMILES string of the molecule is CCCC[C@H](NS(=O)(=O)c1cc(COC)ccc1OC)C(=O)O. The van der Waals surface area contributed by atoms with Crippen LogP contribution in [0, 0.1) is 0 Å². The van der Waals surface area contributed by atoms with Crippen LogP contribution in [0.4, 0.5) is 0 Å². The molecule has 0 unspecified atom stereocenters. The molecule has 0 radical (unpaired) electrons. The number of ether oxygens (including phenoxy) is 2. The van der Waals surface area contributed by atoms with Crippen LogP contribution in [-0.4, -0.2) is 39.8 Å². The molecule has 0 aliphatic rings. The minimum Gasteiger partial charge on any atom is -0.495 e. The topological polar surface area (TPSA) is 102 Å². The van der Waals surface area contributed by atoms with Gasteiger partial charge in [-0.25, -0.2) is 8.42 Å². The molecule has 0 saturated carbocycles. The van der Waals surface area contributed by atoms with Gasteiger partial charge in [0.1, 0.15) is 16.7 Å². The summed E-state index contributed by atoms with van der Waals surface area (Å²) < 4.78 is 37.4. The minimum absolute atomic E-state index is 0.0997. The van der Waals surface area contributed by atoms with E-state index >= 15 is 0 Å². The first-order valence-electron chi connectivity index (χ1n) is 7.26. The van der Waals surface area contributed by atoms with Crippen LogP contribution in [-0.2, 0) is 26.2 Å². The van der Waals surface area contributed by atoms with Gasteiger partial charge in [0.15, 0.2) is 0 Å². The average Bonchev–Trinajstić information content (AvgIpc) is 2.51. The summed E-state index contributed by atoms with van der Waals surface area (Å²) in [5, 5.41) is 9.20. The van der Waals surface area contributed by atoms with Crippen molar-refractivity contribution in [3.05, 3.63) is 23.8 Å². The number of rotatable bonds is 10. The van der Waals surface area contributed by atoms with Crippen molar-refractivity contribution in [2.75, 3.05) is 14.2 Å². The molecule has 0 aromatic heterocycles. The highest BCUT2D eigenvalue weighted by atomic mass is 32.2. The quantitative estimate of drug-likeness (QED) is 0.670. The fraction of sp³-hybridized carbons (Fsp3) is 0.533. The second kappa shape index (κ2) is 8.85. The Hall–Kier alpha value is -1.64. The zero-order valence-electron chi connectivity index (χ0n) is 13.5. The van der Waals surface area contributed by atoms with Gasteiger partial charge in [-0.2, -0.15) is 4.72 Å². The molecule has 1 atom stereocenters. The minimum atomic E-state index is -4.03. The van der Waals surface area contributed by atoms with Crippen LogP contribution in [0.3, 0.4) is 0 Å². The highest BCUT2D eigenvalue weighted by Gasteiger charge is 2.27. The van der Waals surface area contributed by atoms with Crippen LogP contribution < -0.4 is 9.46 Å². The maximum Gasteiger partial charge on any atom is 0.321 e. The molecule has 2 N–H and O–H groups in total. The summed E-state index contributed by atoms with van der Waals surface area (Å²) in [5.74, 6) is -1.05. The summed E-state index contributed by atoms with van der Waals surface area (Å²) in [6.07, 6.45) is 1.61. The van der Waals surface area contributed by atoms with E-state index in [1.165, 1.54) is 26.4 Å². The van der Waals surface area contributed by atoms with E-state index in [1.807, 2.05) is 6.92 Å². The normalized spacial score (nSPS) is 12.8. The molecule has 0 spiro atoms. The smallest absolute Gasteiger partial charge is 0.321 e. The van der Waals surface area contributed by atoms with E-state index in [1.54, 1.807) is 6.07 Å². The number of methoxy groups -OCH3 is 2. The first-order chi connectivity index (χ1) is 10.9. The zero-order valence-corrected chi connectivity index (χ0v) is 14.4. The monoisotopic (exact) mass is 345 g/mol. The zero-order chi connectivity index (χ0) is 17.5. The van der Waals surface area contributed by atoms with Gasteiger partial charge in [-0.1, -0.05) is 25.8 Å². The molecule has 0 aliphatic heterocycles. The van der Waals surface area contributed by atoms with Crippen molar-refractivity contribution in [1.29, 1.82) is 0 Å². The van der Waals surface area contributed by atoms with E-state index in [9.17, 15) is 18.3 Å². The first-order valence-corrected chi connectivity index (χ1v) is 8.75. The third-order valence-electron chi connectivity index (χ3n) is 3.27. The lowest BCUT2D eigenvalue weighted by Gasteiger charge is -2.16. The van der Waals surface area contributed by atoms with E-state index in [4.69, 9.17) is 9.47 Å². The fourth-order valence-electron chi connectivity index (χ4n) is 2.08. The number of sulfonamides is 1. The number of carboxylic acid groups (broad SMARTS) is 1. The molecule has 0 amide bonds. The van der Waals surface area contributed by atoms with Crippen molar-refractivity contribution in [3.8, 4) is 5.75 Å². The Morgan fingerprint density at radius 2 is 2.04 bits per heavy atom. The van der Waals surface area contributed by atoms with Crippen LogP contribution in [0.25, 0.3) is 0 Å². The summed E-state index contributed by atoms with van der Waals surface area (Å²) >= 11 is 0. The average molecular weight is 345 g/mol. The number of carbonyl (C=O) groups is 1. The summed E-state index contributed by atoms with van der Waals surface area (Å²) in [6, 6.07) is 3.46. The van der Waals surface area contributed by atoms with Crippen LogP contribution >= 0.6 is 0 Å². The molecule has 23 heavy (non-hydrogen) atoms. The third kappa shape index (κ3) is 5.49. The van der Waals surface area contributed by atoms with Gasteiger partial charge in [0.25, 0.3) is 0 Å². The molecule has 1 aromatic rings. The Morgan fingerprint density at radius 3 is 2.57 bits per heavy atom. The highest BCUT2D eigenvalue weighted by molar-refractivity contribution is 7.89. The number of carboxylic acids is 1. The predicted molar refractivity (Wildman–Crippen MR) is 85.0 cm³/mol. The van der Waals surface area contributed by atoms with Crippen molar-refractivity contribution < 1.29 is 27.8 Å². The van der Waals surface area contributed by atoms with E-state index in [-0.39, 0.29) is 23.7 Å². The van der Waals surface area contributed by atoms with Crippen LogP contribution in [0.5, 0.6) is 5.75 Å². The lowest BCUT2D eigenvalue weighted by molar-refractivity contribution is -0.139. The van der Waals surface area contributed by atoms with Gasteiger partial charge in [-0.15, -0.1) is 0 Å². The largest absolute Gasteiger partial charge is 0.495 e. The van der Waals surface area contributed by atoms with Crippen molar-refractivity contribution in [3.63, 3.8) is 0 Å². The van der Waals surface area contributed by atoms with Gasteiger partial charge in [-0.05, 0) is 24.1 Å². The standard InChI is InChI=1S/C15H23NO6S/c1-4-5-6-12(15(17)18)16-23(19,20)14-9-11(10-21-2)7-8-13(14)22-3/h7-9,12,16H,4-6,10H2,1-3H3,(H,17,18)/t12-/m0/s1. The van der Waals surface area contributed by atoms with Crippen LogP contribution in [0.1, 0.15) is 31.7 Å². The number of benzene rings is 1. The molecule has 0 bridgehead atoms. The Morgan fingerprint density at radius 1 is 1.35 bits per heavy atom. The summed E-state index contributed by atoms with van der Waals surface area (Å²) in [6.45, 7) is 2.15. The van der Waals surface area contributed by atoms with Crippen LogP contribution in [0.2, 0.25) is 0 Å². The van der Waals surface area contributed by atoms with E-state index in [2.05, 4.69) is 4.72 Å². The van der Waals surface area contributed by atoms with Gasteiger partial charge in [0.05, 0.1) is 13.7 Å². The second-order valence-electron chi connectivity index (χ2n) is 5.07. The van der Waals surface area contributed by atoms with E-state index in [0.717, 1.165) is 6.42 Å². The maximum absolute atomic E-state index is 12.6. The summed E-state index contributed by atoms with van der Waals surface area (Å²) in [4.78, 5) is 11.2. The number of unbranched alkanes of at least 4 members (excludes halogenated alkanes) is 1. The van der Waals surface area contributed by atoms with Crippen molar-refractivity contribution in [1.82, 2.24) is 4.72 Å². The van der Waals surface area contributed by atoms with Gasteiger partial charge in [-0.3, -0.25) is 4.79 Å². The summed E-state index contributed by atoms with van der Waals surface area (Å²) in [7, 11) is -1.17. The molecule has 1 aromatic carbocycles. The Balaban J connectivity index is 3.14. The fourth-order valence-corrected chi connectivity index (χ4v) is 3.52. The molecule has 7 nitrogen and oxygen atoms in total. The van der Waals surface area contributed by atoms with Gasteiger partial charge in [0.2, 0.25) is 10.0 Å². The second-order valence-corrected chi connectivity index (χ2v) is 6.75. The molecule has 130 valence electrons. The molecule has 8 heteroatoms. The van der Waals surface area contributed by atoms with Gasteiger partial charge >= 0.3 is 5.97 Å². The molecule has 0 fully saturated rings. The van der Waals surface area contributed by atoms with Crippen molar-refractivity contribution >= 4 is 16.0 Å². The van der Waals surface area contributed by atoms with Crippen LogP contribution in [0.15, 0.2) is 23.1 Å². The lowest BCUT2D eigenvalue weighted by Crippen LogP contribution is -2.40. The molecule has 0 heterocycles. The number of hydrogen-bond acceptors (Lipinski definition) is 5. The first kappa shape index (κ1) is 19.4. The lowest BCUT2D eigenvalue weighted by atomic mass is 10.1. The Kier molecular flexibility index (Phi) is 7.47. The van der Waals surface area contributed by atoms with Crippen molar-refractivity contribution in [2.45, 2.75) is 43.7 Å². The van der Waals surface area contributed by atoms with Gasteiger partial charge in [0, 0.05) is 7.11 Å². The molecule has 0 saturated heterocycles. The van der Waals surface area contributed by atoms with Gasteiger partial charge < -0.3 is 14.6 Å². The third-order valence-corrected chi connectivity index (χ3v) is 4.76. The number of aliphatic carboxylic acids is 1.